The van der Waals surface area contributed by atoms with Crippen LogP contribution >= 0.6 is 12.4 Å². The zero-order valence-corrected chi connectivity index (χ0v) is 17.7. The number of pyridine rings is 2. The van der Waals surface area contributed by atoms with E-state index in [0.29, 0.717) is 12.2 Å². The smallest absolute Gasteiger partial charge is 0.223 e. The highest BCUT2D eigenvalue weighted by Crippen LogP contribution is 2.12. The van der Waals surface area contributed by atoms with Crippen molar-refractivity contribution in [3.8, 4) is 5.75 Å². The van der Waals surface area contributed by atoms with E-state index >= 15 is 0 Å². The molecule has 0 aliphatic carbocycles. The molecule has 0 spiro atoms. The normalized spacial score (nSPS) is 10.5. The Morgan fingerprint density at radius 2 is 1.64 bits per heavy atom. The molecule has 156 valence electrons. The first kappa shape index (κ1) is 24.0. The molecule has 0 amide bonds. The molecule has 2 heterocycles. The van der Waals surface area contributed by atoms with Gasteiger partial charge in [-0.3, -0.25) is 9.78 Å². The molecule has 0 atom stereocenters. The van der Waals surface area contributed by atoms with E-state index in [2.05, 4.69) is 15.6 Å². The van der Waals surface area contributed by atoms with Gasteiger partial charge in [-0.05, 0) is 38.4 Å². The Balaban J connectivity index is 0.00000392. The van der Waals surface area contributed by atoms with Crippen molar-refractivity contribution in [2.45, 2.75) is 52.0 Å². The molecule has 0 fully saturated rings. The maximum absolute atomic E-state index is 11.7. The molecule has 6 nitrogen and oxygen atoms in total. The Kier molecular flexibility index (Phi) is 11.3. The highest BCUT2D eigenvalue weighted by Gasteiger charge is 2.09. The Morgan fingerprint density at radius 1 is 1.04 bits per heavy atom. The lowest BCUT2D eigenvalue weighted by molar-refractivity contribution is 0.444. The van der Waals surface area contributed by atoms with Crippen LogP contribution in [0.25, 0.3) is 0 Å². The van der Waals surface area contributed by atoms with Crippen LogP contribution in [0, 0.1) is 6.92 Å². The number of unbranched alkanes of at least 4 members (excludes halogenated alkanes) is 5. The summed E-state index contributed by atoms with van der Waals surface area (Å²) in [6.45, 7) is 4.28. The zero-order chi connectivity index (χ0) is 19.5. The van der Waals surface area contributed by atoms with Gasteiger partial charge in [0.25, 0.3) is 0 Å². The molecule has 0 saturated heterocycles. The first-order valence-electron chi connectivity index (χ1n) is 9.82. The third-order valence-corrected chi connectivity index (χ3v) is 4.86. The monoisotopic (exact) mass is 408 g/mol. The van der Waals surface area contributed by atoms with Crippen molar-refractivity contribution in [3.05, 3.63) is 52.2 Å². The number of rotatable bonds is 12. The lowest BCUT2D eigenvalue weighted by atomic mass is 10.1. The van der Waals surface area contributed by atoms with E-state index in [1.807, 2.05) is 30.7 Å². The molecule has 3 N–H and O–H groups in total. The second-order valence-electron chi connectivity index (χ2n) is 6.97. The highest BCUT2D eigenvalue weighted by molar-refractivity contribution is 5.85. The van der Waals surface area contributed by atoms with Crippen molar-refractivity contribution >= 4 is 18.1 Å². The number of halogens is 1. The van der Waals surface area contributed by atoms with Gasteiger partial charge in [-0.1, -0.05) is 25.7 Å². The molecule has 2 rings (SSSR count). The second kappa shape index (κ2) is 13.2. The topological polar surface area (TPSA) is 79.2 Å². The first-order chi connectivity index (χ1) is 13.1. The quantitative estimate of drug-likeness (QED) is 0.466. The minimum Gasteiger partial charge on any atom is -0.503 e. The standard InChI is InChI=1S/C21H32N4O2.ClH/c1-17-15-20(26)21(27)19(25(17)2)16-23-11-7-5-3-4-6-8-12-24-18-9-13-22-14-10-18;/h9-10,13-15,23,27H,3-8,11-12,16H2,1-2H3,(H,22,24);1H. The number of nitrogens with zero attached hydrogens (tertiary/aromatic N) is 2. The number of aromatic hydroxyl groups is 1. The van der Waals surface area contributed by atoms with Crippen molar-refractivity contribution < 1.29 is 5.11 Å². The fourth-order valence-corrected chi connectivity index (χ4v) is 3.06. The van der Waals surface area contributed by atoms with E-state index in [9.17, 15) is 9.90 Å². The predicted molar refractivity (Wildman–Crippen MR) is 117 cm³/mol. The van der Waals surface area contributed by atoms with E-state index in [-0.39, 0.29) is 23.6 Å². The number of nitrogens with one attached hydrogen (secondary N) is 2. The lowest BCUT2D eigenvalue weighted by Gasteiger charge is -2.14. The van der Waals surface area contributed by atoms with Crippen LogP contribution in [0.4, 0.5) is 5.69 Å². The van der Waals surface area contributed by atoms with Crippen LogP contribution in [0.1, 0.15) is 49.9 Å². The summed E-state index contributed by atoms with van der Waals surface area (Å²) in [6, 6.07) is 5.44. The molecular formula is C21H33ClN4O2. The first-order valence-corrected chi connectivity index (χ1v) is 9.82. The third-order valence-electron chi connectivity index (χ3n) is 4.86. The molecule has 0 bridgehead atoms. The van der Waals surface area contributed by atoms with Crippen LogP contribution in [-0.4, -0.2) is 27.7 Å². The van der Waals surface area contributed by atoms with E-state index in [4.69, 9.17) is 0 Å². The Hall–Kier alpha value is -2.05. The van der Waals surface area contributed by atoms with Crippen molar-refractivity contribution in [1.82, 2.24) is 14.9 Å². The number of hydrogen-bond acceptors (Lipinski definition) is 5. The van der Waals surface area contributed by atoms with Gasteiger partial charge in [0, 0.05) is 50.0 Å². The Bertz CT molecular complexity index is 750. The lowest BCUT2D eigenvalue weighted by Crippen LogP contribution is -2.21. The van der Waals surface area contributed by atoms with Crippen LogP contribution in [-0.2, 0) is 13.6 Å². The number of hydrogen-bond donors (Lipinski definition) is 3. The summed E-state index contributed by atoms with van der Waals surface area (Å²) in [7, 11) is 1.87. The summed E-state index contributed by atoms with van der Waals surface area (Å²) in [5.41, 5.74) is 2.34. The summed E-state index contributed by atoms with van der Waals surface area (Å²) in [6.07, 6.45) is 10.8. The average molecular weight is 409 g/mol. The summed E-state index contributed by atoms with van der Waals surface area (Å²) in [4.78, 5) is 15.7. The minimum atomic E-state index is -0.305. The molecule has 0 radical (unpaired) electrons. The van der Waals surface area contributed by atoms with E-state index in [0.717, 1.165) is 30.9 Å². The Morgan fingerprint density at radius 3 is 2.32 bits per heavy atom. The molecule has 0 unspecified atom stereocenters. The van der Waals surface area contributed by atoms with Gasteiger partial charge in [-0.25, -0.2) is 0 Å². The maximum atomic E-state index is 11.7. The summed E-state index contributed by atoms with van der Waals surface area (Å²) in [5, 5.41) is 16.7. The van der Waals surface area contributed by atoms with Crippen molar-refractivity contribution in [2.24, 2.45) is 7.05 Å². The van der Waals surface area contributed by atoms with E-state index in [1.165, 1.54) is 38.2 Å². The van der Waals surface area contributed by atoms with Gasteiger partial charge in [-0.15, -0.1) is 12.4 Å². The molecule has 28 heavy (non-hydrogen) atoms. The van der Waals surface area contributed by atoms with Crippen LogP contribution in [0.5, 0.6) is 5.75 Å². The van der Waals surface area contributed by atoms with Gasteiger partial charge in [0.15, 0.2) is 5.75 Å². The van der Waals surface area contributed by atoms with Crippen molar-refractivity contribution in [3.63, 3.8) is 0 Å². The summed E-state index contributed by atoms with van der Waals surface area (Å²) >= 11 is 0. The third kappa shape index (κ3) is 7.90. The summed E-state index contributed by atoms with van der Waals surface area (Å²) < 4.78 is 1.86. The van der Waals surface area contributed by atoms with Crippen molar-refractivity contribution in [1.29, 1.82) is 0 Å². The molecule has 0 aromatic carbocycles. The van der Waals surface area contributed by atoms with E-state index in [1.54, 1.807) is 12.4 Å². The highest BCUT2D eigenvalue weighted by atomic mass is 35.5. The van der Waals surface area contributed by atoms with E-state index < -0.39 is 0 Å². The molecule has 0 aliphatic heterocycles. The van der Waals surface area contributed by atoms with Crippen molar-refractivity contribution in [2.75, 3.05) is 18.4 Å². The zero-order valence-electron chi connectivity index (χ0n) is 16.9. The molecular weight excluding hydrogens is 376 g/mol. The van der Waals surface area contributed by atoms with Gasteiger partial charge in [0.1, 0.15) is 0 Å². The fourth-order valence-electron chi connectivity index (χ4n) is 3.06. The van der Waals surface area contributed by atoms with Crippen LogP contribution in [0.15, 0.2) is 35.4 Å². The number of anilines is 1. The average Bonchev–Trinajstić information content (AvgIpc) is 2.67. The predicted octanol–water partition coefficient (Wildman–Crippen LogP) is 3.76. The molecule has 0 aliphatic rings. The van der Waals surface area contributed by atoms with Gasteiger partial charge in [0.05, 0.1) is 5.69 Å². The van der Waals surface area contributed by atoms with Gasteiger partial charge in [-0.2, -0.15) is 0 Å². The molecule has 2 aromatic heterocycles. The number of aromatic nitrogens is 2. The largest absolute Gasteiger partial charge is 0.503 e. The Labute approximate surface area is 173 Å². The fraction of sp³-hybridized carbons (Fsp3) is 0.524. The van der Waals surface area contributed by atoms with Gasteiger partial charge in [0.2, 0.25) is 5.43 Å². The second-order valence-corrected chi connectivity index (χ2v) is 6.97. The molecule has 2 aromatic rings. The molecule has 7 heteroatoms. The van der Waals surface area contributed by atoms with Crippen LogP contribution in [0.2, 0.25) is 0 Å². The van der Waals surface area contributed by atoms with Crippen LogP contribution < -0.4 is 16.1 Å². The molecule has 0 saturated carbocycles. The SMILES string of the molecule is Cc1cc(=O)c(O)c(CNCCCCCCCCNc2ccncc2)n1C.Cl. The number of aryl methyl sites for hydroxylation is 1. The van der Waals surface area contributed by atoms with Gasteiger partial charge >= 0.3 is 0 Å². The van der Waals surface area contributed by atoms with Gasteiger partial charge < -0.3 is 20.3 Å². The minimum absolute atomic E-state index is 0. The summed E-state index contributed by atoms with van der Waals surface area (Å²) in [5.74, 6) is -0.143. The maximum Gasteiger partial charge on any atom is 0.223 e. The van der Waals surface area contributed by atoms with Crippen LogP contribution in [0.3, 0.4) is 0 Å².